The van der Waals surface area contributed by atoms with Crippen LogP contribution in [0.3, 0.4) is 0 Å². The number of rotatable bonds is 4. The van der Waals surface area contributed by atoms with Crippen LogP contribution < -0.4 is 5.32 Å². The molecular weight excluding hydrogens is 380 g/mol. The maximum atomic E-state index is 13.0. The van der Waals surface area contributed by atoms with Crippen LogP contribution in [0.15, 0.2) is 54.6 Å². The Morgan fingerprint density at radius 1 is 1.15 bits per heavy atom. The van der Waals surface area contributed by atoms with Crippen LogP contribution >= 0.6 is 22.9 Å². The average molecular weight is 395 g/mol. The predicted molar refractivity (Wildman–Crippen MR) is 108 cm³/mol. The second-order valence-corrected chi connectivity index (χ2v) is 8.03. The van der Waals surface area contributed by atoms with Crippen molar-refractivity contribution in [1.82, 2.24) is 14.8 Å². The number of carbonyl (C=O) groups is 1. The second kappa shape index (κ2) is 6.48. The first kappa shape index (κ1) is 16.5. The lowest BCUT2D eigenvalue weighted by molar-refractivity contribution is 0.101. The van der Waals surface area contributed by atoms with E-state index in [1.54, 1.807) is 10.7 Å². The van der Waals surface area contributed by atoms with Gasteiger partial charge in [0.05, 0.1) is 21.6 Å². The molecule has 1 fully saturated rings. The van der Waals surface area contributed by atoms with Gasteiger partial charge >= 0.3 is 0 Å². The zero-order valence-electron chi connectivity index (χ0n) is 14.2. The van der Waals surface area contributed by atoms with E-state index in [9.17, 15) is 4.79 Å². The Kier molecular flexibility index (Phi) is 3.95. The predicted octanol–water partition coefficient (Wildman–Crippen LogP) is 5.27. The molecule has 1 aliphatic rings. The van der Waals surface area contributed by atoms with Gasteiger partial charge < -0.3 is 0 Å². The van der Waals surface area contributed by atoms with Crippen LogP contribution in [0.25, 0.3) is 15.9 Å². The van der Waals surface area contributed by atoms with E-state index in [1.807, 2.05) is 48.5 Å². The van der Waals surface area contributed by atoms with E-state index in [-0.39, 0.29) is 5.91 Å². The first-order valence-electron chi connectivity index (χ1n) is 8.70. The standard InChI is InChI=1S/C20H15ClN4OS/c21-13-8-9-15-18(10-13)27-20(22-15)23-19(26)17-11-16(12-6-7-12)24-25(17)14-4-2-1-3-5-14/h1-5,8-12H,6-7H2,(H,22,23,26). The van der Waals surface area contributed by atoms with Gasteiger partial charge in [-0.1, -0.05) is 41.1 Å². The highest BCUT2D eigenvalue weighted by atomic mass is 35.5. The van der Waals surface area contributed by atoms with Crippen LogP contribution in [-0.2, 0) is 0 Å². The Balaban J connectivity index is 1.50. The third kappa shape index (κ3) is 3.22. The Morgan fingerprint density at radius 3 is 2.74 bits per heavy atom. The van der Waals surface area contributed by atoms with Gasteiger partial charge in [-0.3, -0.25) is 10.1 Å². The van der Waals surface area contributed by atoms with Crippen molar-refractivity contribution < 1.29 is 4.79 Å². The van der Waals surface area contributed by atoms with Gasteiger partial charge in [-0.15, -0.1) is 0 Å². The molecule has 1 saturated carbocycles. The molecule has 7 heteroatoms. The summed E-state index contributed by atoms with van der Waals surface area (Å²) in [4.78, 5) is 17.5. The Morgan fingerprint density at radius 2 is 1.96 bits per heavy atom. The van der Waals surface area contributed by atoms with Crippen molar-refractivity contribution in [1.29, 1.82) is 0 Å². The second-order valence-electron chi connectivity index (χ2n) is 6.56. The van der Waals surface area contributed by atoms with E-state index in [0.717, 1.165) is 34.4 Å². The van der Waals surface area contributed by atoms with Crippen molar-refractivity contribution in [2.75, 3.05) is 5.32 Å². The lowest BCUT2D eigenvalue weighted by Crippen LogP contribution is -2.16. The van der Waals surface area contributed by atoms with Crippen LogP contribution in [0, 0.1) is 0 Å². The van der Waals surface area contributed by atoms with E-state index in [2.05, 4.69) is 15.4 Å². The van der Waals surface area contributed by atoms with Gasteiger partial charge in [-0.05, 0) is 49.2 Å². The van der Waals surface area contributed by atoms with Gasteiger partial charge in [0.25, 0.3) is 5.91 Å². The number of carbonyl (C=O) groups excluding carboxylic acids is 1. The number of hydrogen-bond donors (Lipinski definition) is 1. The molecule has 5 nitrogen and oxygen atoms in total. The monoisotopic (exact) mass is 394 g/mol. The lowest BCUT2D eigenvalue weighted by atomic mass is 10.2. The van der Waals surface area contributed by atoms with Gasteiger partial charge in [0, 0.05) is 10.9 Å². The van der Waals surface area contributed by atoms with Crippen molar-refractivity contribution in [2.45, 2.75) is 18.8 Å². The molecule has 0 spiro atoms. The van der Waals surface area contributed by atoms with E-state index < -0.39 is 0 Å². The highest BCUT2D eigenvalue weighted by Crippen LogP contribution is 2.40. The molecule has 0 aliphatic heterocycles. The summed E-state index contributed by atoms with van der Waals surface area (Å²) in [5, 5.41) is 8.80. The van der Waals surface area contributed by atoms with E-state index >= 15 is 0 Å². The number of para-hydroxylation sites is 1. The fraction of sp³-hybridized carbons (Fsp3) is 0.150. The first-order valence-corrected chi connectivity index (χ1v) is 9.90. The highest BCUT2D eigenvalue weighted by Gasteiger charge is 2.29. The summed E-state index contributed by atoms with van der Waals surface area (Å²) < 4.78 is 2.65. The van der Waals surface area contributed by atoms with Gasteiger partial charge in [-0.2, -0.15) is 5.10 Å². The fourth-order valence-corrected chi connectivity index (χ4v) is 4.16. The number of fused-ring (bicyclic) bond motifs is 1. The molecule has 0 saturated heterocycles. The quantitative estimate of drug-likeness (QED) is 0.513. The molecule has 0 atom stereocenters. The van der Waals surface area contributed by atoms with Crippen molar-refractivity contribution in [2.24, 2.45) is 0 Å². The molecule has 4 aromatic rings. The average Bonchev–Trinajstić information content (AvgIpc) is 3.30. The molecule has 0 unspecified atom stereocenters. The number of aromatic nitrogens is 3. The molecule has 2 heterocycles. The summed E-state index contributed by atoms with van der Waals surface area (Å²) in [6.07, 6.45) is 2.26. The number of benzene rings is 2. The maximum absolute atomic E-state index is 13.0. The van der Waals surface area contributed by atoms with Crippen LogP contribution in [0.5, 0.6) is 0 Å². The summed E-state index contributed by atoms with van der Waals surface area (Å²) in [6, 6.07) is 17.1. The molecule has 0 bridgehead atoms. The van der Waals surface area contributed by atoms with Crippen LogP contribution in [0.4, 0.5) is 5.13 Å². The third-order valence-electron chi connectivity index (χ3n) is 4.53. The summed E-state index contributed by atoms with van der Waals surface area (Å²) in [5.41, 5.74) is 3.17. The fourth-order valence-electron chi connectivity index (χ4n) is 3.02. The number of hydrogen-bond acceptors (Lipinski definition) is 4. The number of halogens is 1. The van der Waals surface area contributed by atoms with Gasteiger partial charge in [0.1, 0.15) is 5.69 Å². The highest BCUT2D eigenvalue weighted by molar-refractivity contribution is 7.22. The van der Waals surface area contributed by atoms with E-state index in [1.165, 1.54) is 11.3 Å². The van der Waals surface area contributed by atoms with Crippen LogP contribution in [0.2, 0.25) is 5.02 Å². The summed E-state index contributed by atoms with van der Waals surface area (Å²) >= 11 is 7.44. The molecule has 0 radical (unpaired) electrons. The lowest BCUT2D eigenvalue weighted by Gasteiger charge is -2.06. The number of thiazole rings is 1. The summed E-state index contributed by atoms with van der Waals surface area (Å²) in [5.74, 6) is 0.245. The summed E-state index contributed by atoms with van der Waals surface area (Å²) in [6.45, 7) is 0. The molecule has 27 heavy (non-hydrogen) atoms. The first-order chi connectivity index (χ1) is 13.2. The SMILES string of the molecule is O=C(Nc1nc2ccc(Cl)cc2s1)c1cc(C2CC2)nn1-c1ccccc1. The number of amides is 1. The smallest absolute Gasteiger partial charge is 0.276 e. The van der Waals surface area contributed by atoms with E-state index in [0.29, 0.717) is 21.8 Å². The molecule has 2 aromatic carbocycles. The minimum Gasteiger partial charge on any atom is -0.296 e. The van der Waals surface area contributed by atoms with Gasteiger partial charge in [0.15, 0.2) is 5.13 Å². The Hall–Kier alpha value is -2.70. The molecule has 134 valence electrons. The Labute approximate surface area is 164 Å². The minimum atomic E-state index is -0.219. The zero-order chi connectivity index (χ0) is 18.4. The topological polar surface area (TPSA) is 59.8 Å². The molecule has 1 N–H and O–H groups in total. The number of nitrogens with zero attached hydrogens (tertiary/aromatic N) is 3. The van der Waals surface area contributed by atoms with Crippen LogP contribution in [-0.4, -0.2) is 20.7 Å². The molecule has 5 rings (SSSR count). The third-order valence-corrected chi connectivity index (χ3v) is 5.70. The van der Waals surface area contributed by atoms with E-state index in [4.69, 9.17) is 11.6 Å². The van der Waals surface area contributed by atoms with Gasteiger partial charge in [-0.25, -0.2) is 9.67 Å². The number of anilines is 1. The van der Waals surface area contributed by atoms with Crippen LogP contribution in [0.1, 0.15) is 34.9 Å². The van der Waals surface area contributed by atoms with Gasteiger partial charge in [0.2, 0.25) is 0 Å². The number of nitrogens with one attached hydrogen (secondary N) is 1. The zero-order valence-corrected chi connectivity index (χ0v) is 15.8. The minimum absolute atomic E-state index is 0.219. The molecule has 2 aromatic heterocycles. The summed E-state index contributed by atoms with van der Waals surface area (Å²) in [7, 11) is 0. The molecular formula is C20H15ClN4OS. The van der Waals surface area contributed by atoms with Crippen molar-refractivity contribution in [3.63, 3.8) is 0 Å². The molecule has 1 aliphatic carbocycles. The van der Waals surface area contributed by atoms with Crippen molar-refractivity contribution in [3.05, 3.63) is 71.0 Å². The van der Waals surface area contributed by atoms with Crippen molar-refractivity contribution >= 4 is 44.2 Å². The van der Waals surface area contributed by atoms with Crippen molar-refractivity contribution in [3.8, 4) is 5.69 Å². The largest absolute Gasteiger partial charge is 0.296 e. The molecule has 1 amide bonds. The Bertz CT molecular complexity index is 1150. The maximum Gasteiger partial charge on any atom is 0.276 e. The normalized spacial score (nSPS) is 13.8.